The van der Waals surface area contributed by atoms with Crippen LogP contribution in [0, 0.1) is 0 Å². The number of carbonyl (C=O) groups is 2. The number of rotatable bonds is 7. The predicted molar refractivity (Wildman–Crippen MR) is 135 cm³/mol. The van der Waals surface area contributed by atoms with Crippen molar-refractivity contribution in [3.63, 3.8) is 0 Å². The topological polar surface area (TPSA) is 207 Å². The molecule has 2 aliphatic rings. The average molecular weight is 597 g/mol. The summed E-state index contributed by atoms with van der Waals surface area (Å²) < 4.78 is 65.9. The number of carbonyl (C=O) groups excluding carboxylic acids is 2. The monoisotopic (exact) mass is 597 g/mol. The largest absolute Gasteiger partial charge is 0.530 e. The van der Waals surface area contributed by atoms with Crippen molar-refractivity contribution in [2.45, 2.75) is 50.2 Å². The van der Waals surface area contributed by atoms with Crippen LogP contribution in [0.15, 0.2) is 34.2 Å². The zero-order valence-electron chi connectivity index (χ0n) is 21.4. The van der Waals surface area contributed by atoms with Gasteiger partial charge in [0.2, 0.25) is 11.9 Å². The van der Waals surface area contributed by atoms with Crippen molar-refractivity contribution >= 4 is 46.6 Å². The highest BCUT2D eigenvalue weighted by Crippen LogP contribution is 2.55. The van der Waals surface area contributed by atoms with E-state index in [4.69, 9.17) is 23.0 Å². The molecular weight excluding hydrogens is 573 g/mol. The van der Waals surface area contributed by atoms with Crippen LogP contribution in [0.1, 0.15) is 32.1 Å². The normalized spacial score (nSPS) is 24.3. The van der Waals surface area contributed by atoms with Gasteiger partial charge in [-0.3, -0.25) is 38.3 Å². The zero-order valence-corrected chi connectivity index (χ0v) is 23.1. The fourth-order valence-corrected chi connectivity index (χ4v) is 6.13. The third-order valence-electron chi connectivity index (χ3n) is 5.98. The lowest BCUT2D eigenvalue weighted by molar-refractivity contribution is -0.150. The molecule has 4 heterocycles. The highest BCUT2D eigenvalue weighted by atomic mass is 32.2. The molecule has 1 aromatic carbocycles. The van der Waals surface area contributed by atoms with E-state index in [0.29, 0.717) is 5.56 Å². The number of aromatic nitrogens is 4. The second kappa shape index (κ2) is 10.4. The molecule has 1 unspecified atom stereocenters. The SMILES string of the molecule is CC(=O)Nc1nc2c(ncn2[C@H]2C[C@H](OC(C)=O)[C@@H](COP3(=O)OCc4cc(S(C)(=O)=O)ccc4O3)O2)c(=O)[nH]1. The van der Waals surface area contributed by atoms with Crippen molar-refractivity contribution in [3.8, 4) is 5.75 Å². The number of nitrogens with one attached hydrogen (secondary N) is 2. The third-order valence-corrected chi connectivity index (χ3v) is 8.42. The number of fused-ring (bicyclic) bond motifs is 2. The Morgan fingerprint density at radius 3 is 2.77 bits per heavy atom. The Kier molecular flexibility index (Phi) is 7.26. The molecule has 0 radical (unpaired) electrons. The van der Waals surface area contributed by atoms with E-state index in [1.165, 1.54) is 42.9 Å². The van der Waals surface area contributed by atoms with Crippen LogP contribution in [0.2, 0.25) is 0 Å². The van der Waals surface area contributed by atoms with Gasteiger partial charge in [-0.2, -0.15) is 4.98 Å². The first-order chi connectivity index (χ1) is 18.8. The summed E-state index contributed by atoms with van der Waals surface area (Å²) in [5, 5.41) is 2.40. The number of aromatic amines is 1. The molecule has 4 atom stereocenters. The lowest BCUT2D eigenvalue weighted by Gasteiger charge is -2.26. The minimum atomic E-state index is -4.15. The van der Waals surface area contributed by atoms with Crippen LogP contribution in [0.3, 0.4) is 0 Å². The maximum atomic E-state index is 13.2. The third kappa shape index (κ3) is 5.78. The fourth-order valence-electron chi connectivity index (χ4n) is 4.23. The molecule has 2 aromatic heterocycles. The molecule has 3 aromatic rings. The van der Waals surface area contributed by atoms with Gasteiger partial charge in [0, 0.05) is 32.1 Å². The Hall–Kier alpha value is -3.63. The van der Waals surface area contributed by atoms with E-state index in [9.17, 15) is 27.4 Å². The molecule has 0 saturated carbocycles. The summed E-state index contributed by atoms with van der Waals surface area (Å²) >= 11 is 0. The number of hydrogen-bond acceptors (Lipinski definition) is 13. The first-order valence-corrected chi connectivity index (χ1v) is 15.2. The van der Waals surface area contributed by atoms with Crippen LogP contribution >= 0.6 is 7.82 Å². The molecule has 18 heteroatoms. The number of benzene rings is 1. The number of anilines is 1. The van der Waals surface area contributed by atoms with Crippen molar-refractivity contribution in [2.24, 2.45) is 0 Å². The van der Waals surface area contributed by atoms with Gasteiger partial charge >= 0.3 is 13.8 Å². The molecule has 1 saturated heterocycles. The van der Waals surface area contributed by atoms with Gasteiger partial charge in [0.25, 0.3) is 5.56 Å². The van der Waals surface area contributed by atoms with Crippen LogP contribution < -0.4 is 15.4 Å². The summed E-state index contributed by atoms with van der Waals surface area (Å²) in [7, 11) is -7.62. The molecule has 0 aliphatic carbocycles. The van der Waals surface area contributed by atoms with Crippen LogP contribution in [-0.2, 0) is 49.1 Å². The van der Waals surface area contributed by atoms with Crippen LogP contribution in [0.4, 0.5) is 5.95 Å². The average Bonchev–Trinajstić information content (AvgIpc) is 3.45. The Morgan fingerprint density at radius 1 is 1.30 bits per heavy atom. The standard InChI is InChI=1S/C22H24N5O11PS/c1-11(28)24-22-25-20-19(21(30)26-22)23-10-27(20)18-7-16(36-12(2)29)17(37-18)9-35-39(31)34-8-13-6-14(40(3,32)33)4-5-15(13)38-39/h4-6,10,16-18H,7-9H2,1-3H3,(H2,24,25,26,28,30)/t16-,17+,18+,39?/m0/s1. The van der Waals surface area contributed by atoms with Crippen molar-refractivity contribution in [3.05, 3.63) is 40.4 Å². The van der Waals surface area contributed by atoms with Gasteiger partial charge in [-0.15, -0.1) is 0 Å². The van der Waals surface area contributed by atoms with Gasteiger partial charge < -0.3 is 14.0 Å². The number of H-pyrrole nitrogens is 1. The van der Waals surface area contributed by atoms with Gasteiger partial charge in [0.05, 0.1) is 24.4 Å². The van der Waals surface area contributed by atoms with E-state index in [1.54, 1.807) is 0 Å². The Balaban J connectivity index is 1.34. The number of hydrogen-bond donors (Lipinski definition) is 2. The van der Waals surface area contributed by atoms with E-state index < -0.39 is 53.5 Å². The first-order valence-electron chi connectivity index (χ1n) is 11.8. The first kappa shape index (κ1) is 27.9. The minimum absolute atomic E-state index is 0.00687. The van der Waals surface area contributed by atoms with Crippen molar-refractivity contribution in [1.82, 2.24) is 19.5 Å². The van der Waals surface area contributed by atoms with Gasteiger partial charge in [-0.05, 0) is 18.2 Å². The number of amides is 1. The van der Waals surface area contributed by atoms with Gasteiger partial charge in [0.1, 0.15) is 24.2 Å². The molecule has 40 heavy (non-hydrogen) atoms. The van der Waals surface area contributed by atoms with Crippen LogP contribution in [0.25, 0.3) is 11.2 Å². The maximum Gasteiger partial charge on any atom is 0.530 e. The lowest BCUT2D eigenvalue weighted by atomic mass is 10.2. The molecule has 1 amide bonds. The molecule has 2 N–H and O–H groups in total. The number of nitrogens with zero attached hydrogens (tertiary/aromatic N) is 3. The minimum Gasteiger partial charge on any atom is -0.460 e. The van der Waals surface area contributed by atoms with Crippen molar-refractivity contribution in [2.75, 3.05) is 18.2 Å². The molecule has 2 aliphatic heterocycles. The summed E-state index contributed by atoms with van der Waals surface area (Å²) in [5.74, 6) is -0.988. The predicted octanol–water partition coefficient (Wildman–Crippen LogP) is 1.43. The van der Waals surface area contributed by atoms with E-state index in [1.807, 2.05) is 0 Å². The molecular formula is C22H24N5O11PS. The molecule has 0 spiro atoms. The number of sulfone groups is 1. The lowest BCUT2D eigenvalue weighted by Crippen LogP contribution is -2.30. The maximum absolute atomic E-state index is 13.2. The Bertz CT molecular complexity index is 1720. The van der Waals surface area contributed by atoms with Gasteiger partial charge in [-0.25, -0.2) is 18.0 Å². The molecule has 1 fully saturated rings. The highest BCUT2D eigenvalue weighted by molar-refractivity contribution is 7.90. The zero-order chi connectivity index (χ0) is 28.8. The number of esters is 1. The van der Waals surface area contributed by atoms with Crippen molar-refractivity contribution in [1.29, 1.82) is 0 Å². The van der Waals surface area contributed by atoms with Crippen LogP contribution in [0.5, 0.6) is 5.75 Å². The summed E-state index contributed by atoms with van der Waals surface area (Å²) in [5.41, 5.74) is -0.110. The summed E-state index contributed by atoms with van der Waals surface area (Å²) in [4.78, 5) is 46.4. The van der Waals surface area contributed by atoms with Gasteiger partial charge in [0.15, 0.2) is 21.0 Å². The number of phosphoric ester groups is 1. The summed E-state index contributed by atoms with van der Waals surface area (Å²) in [6.45, 7) is 1.87. The number of phosphoric acid groups is 1. The van der Waals surface area contributed by atoms with E-state index in [2.05, 4.69) is 20.3 Å². The summed E-state index contributed by atoms with van der Waals surface area (Å²) in [6.07, 6.45) is -0.129. The molecule has 5 rings (SSSR count). The van der Waals surface area contributed by atoms with E-state index in [-0.39, 0.29) is 47.4 Å². The second-order valence-electron chi connectivity index (χ2n) is 9.08. The van der Waals surface area contributed by atoms with Crippen LogP contribution in [-0.4, -0.2) is 64.9 Å². The highest BCUT2D eigenvalue weighted by Gasteiger charge is 2.43. The number of ether oxygens (including phenoxy) is 2. The Morgan fingerprint density at radius 2 is 2.08 bits per heavy atom. The van der Waals surface area contributed by atoms with E-state index >= 15 is 0 Å². The van der Waals surface area contributed by atoms with Crippen molar-refractivity contribution < 1.29 is 45.6 Å². The second-order valence-corrected chi connectivity index (χ2v) is 12.7. The smallest absolute Gasteiger partial charge is 0.460 e. The summed E-state index contributed by atoms with van der Waals surface area (Å²) in [6, 6.07) is 4.04. The molecule has 16 nitrogen and oxygen atoms in total. The fraction of sp³-hybridized carbons (Fsp3) is 0.409. The molecule has 214 valence electrons. The van der Waals surface area contributed by atoms with E-state index in [0.717, 1.165) is 6.26 Å². The Labute approximate surface area is 226 Å². The number of imidazole rings is 1. The van der Waals surface area contributed by atoms with Gasteiger partial charge in [-0.1, -0.05) is 0 Å². The molecule has 0 bridgehead atoms. The quantitative estimate of drug-likeness (QED) is 0.292.